The van der Waals surface area contributed by atoms with Crippen molar-refractivity contribution in [1.82, 2.24) is 0 Å². The summed E-state index contributed by atoms with van der Waals surface area (Å²) in [5, 5.41) is 5.47. The molecule has 0 fully saturated rings. The van der Waals surface area contributed by atoms with Crippen LogP contribution in [0.25, 0.3) is 0 Å². The monoisotopic (exact) mass is 344 g/mol. The molecule has 0 radical (unpaired) electrons. The van der Waals surface area contributed by atoms with E-state index < -0.39 is 5.91 Å². The molecule has 2 aromatic rings. The Kier molecular flexibility index (Phi) is 4.97. The molecule has 24 heavy (non-hydrogen) atoms. The molecule has 1 atom stereocenters. The van der Waals surface area contributed by atoms with E-state index >= 15 is 0 Å². The summed E-state index contributed by atoms with van der Waals surface area (Å²) in [6.07, 6.45) is 2.89. The molecule has 0 unspecified atom stereocenters. The first kappa shape index (κ1) is 16.7. The lowest BCUT2D eigenvalue weighted by Crippen LogP contribution is -2.86. The van der Waals surface area contributed by atoms with Gasteiger partial charge in [-0.25, -0.2) is 0 Å². The van der Waals surface area contributed by atoms with Crippen molar-refractivity contribution in [2.24, 2.45) is 5.73 Å². The number of thiophene rings is 1. The molecule has 0 aliphatic heterocycles. The molecule has 126 valence electrons. The van der Waals surface area contributed by atoms with E-state index in [-0.39, 0.29) is 11.9 Å². The summed E-state index contributed by atoms with van der Waals surface area (Å²) in [5.74, 6) is -0.563. The lowest BCUT2D eigenvalue weighted by atomic mass is 10.1. The Bertz CT molecular complexity index is 755. The molecule has 5 N–H and O–H groups in total. The molecular weight excluding hydrogens is 322 g/mol. The lowest BCUT2D eigenvalue weighted by molar-refractivity contribution is -0.682. The van der Waals surface area contributed by atoms with Crippen LogP contribution in [0.4, 0.5) is 5.00 Å². The molecule has 0 bridgehead atoms. The Hall–Kier alpha value is -2.18. The van der Waals surface area contributed by atoms with Gasteiger partial charge in [-0.15, -0.1) is 11.3 Å². The van der Waals surface area contributed by atoms with Gasteiger partial charge in [-0.1, -0.05) is 30.3 Å². The van der Waals surface area contributed by atoms with E-state index in [2.05, 4.69) is 12.2 Å². The largest absolute Gasteiger partial charge is 0.365 e. The number of benzene rings is 1. The first-order chi connectivity index (χ1) is 11.6. The maximum atomic E-state index is 12.3. The van der Waals surface area contributed by atoms with Crippen LogP contribution in [-0.4, -0.2) is 18.4 Å². The third-order valence-electron chi connectivity index (χ3n) is 4.40. The second-order valence-corrected chi connectivity index (χ2v) is 7.22. The Morgan fingerprint density at radius 2 is 2.04 bits per heavy atom. The van der Waals surface area contributed by atoms with Gasteiger partial charge in [0, 0.05) is 10.4 Å². The molecule has 0 saturated heterocycles. The third kappa shape index (κ3) is 3.49. The number of hydrogen-bond acceptors (Lipinski definition) is 3. The molecule has 1 aliphatic carbocycles. The second-order valence-electron chi connectivity index (χ2n) is 6.11. The summed E-state index contributed by atoms with van der Waals surface area (Å²) in [4.78, 5) is 25.2. The van der Waals surface area contributed by atoms with Crippen molar-refractivity contribution in [2.75, 3.05) is 11.9 Å². The van der Waals surface area contributed by atoms with E-state index in [9.17, 15) is 9.59 Å². The van der Waals surface area contributed by atoms with Gasteiger partial charge < -0.3 is 16.4 Å². The quantitative estimate of drug-likeness (QED) is 0.743. The number of primary amides is 1. The van der Waals surface area contributed by atoms with Crippen LogP contribution >= 0.6 is 11.3 Å². The molecule has 0 spiro atoms. The maximum Gasteiger partial charge on any atom is 0.280 e. The van der Waals surface area contributed by atoms with Gasteiger partial charge in [-0.2, -0.15) is 0 Å². The Balaban J connectivity index is 1.63. The zero-order chi connectivity index (χ0) is 17.1. The minimum absolute atomic E-state index is 0.111. The number of rotatable bonds is 6. The normalized spacial score (nSPS) is 14.2. The number of anilines is 1. The summed E-state index contributed by atoms with van der Waals surface area (Å²) in [6.45, 7) is 2.37. The molecule has 3 rings (SSSR count). The molecule has 1 heterocycles. The van der Waals surface area contributed by atoms with Crippen LogP contribution < -0.4 is 16.4 Å². The summed E-state index contributed by atoms with van der Waals surface area (Å²) in [5.41, 5.74) is 8.24. The van der Waals surface area contributed by atoms with Gasteiger partial charge in [-0.3, -0.25) is 9.59 Å². The summed E-state index contributed by atoms with van der Waals surface area (Å²) >= 11 is 1.49. The van der Waals surface area contributed by atoms with Gasteiger partial charge in [0.15, 0.2) is 6.54 Å². The highest BCUT2D eigenvalue weighted by Gasteiger charge is 2.26. The van der Waals surface area contributed by atoms with Crippen molar-refractivity contribution in [3.05, 3.63) is 51.9 Å². The van der Waals surface area contributed by atoms with Crippen molar-refractivity contribution >= 4 is 28.2 Å². The van der Waals surface area contributed by atoms with Crippen molar-refractivity contribution in [3.8, 4) is 0 Å². The van der Waals surface area contributed by atoms with Crippen LogP contribution in [0.1, 0.15) is 45.7 Å². The summed E-state index contributed by atoms with van der Waals surface area (Å²) in [7, 11) is 0. The number of carbonyl (C=O) groups excluding carboxylic acids is 2. The average Bonchev–Trinajstić information content (AvgIpc) is 3.13. The van der Waals surface area contributed by atoms with E-state index in [1.165, 1.54) is 21.8 Å². The first-order valence-electron chi connectivity index (χ1n) is 8.18. The lowest BCUT2D eigenvalue weighted by Gasteiger charge is -2.11. The molecule has 6 heteroatoms. The molecule has 1 aliphatic rings. The minimum atomic E-state index is -0.452. The second kappa shape index (κ2) is 7.15. The first-order valence-corrected chi connectivity index (χ1v) is 9.00. The Morgan fingerprint density at radius 1 is 1.29 bits per heavy atom. The van der Waals surface area contributed by atoms with E-state index in [0.29, 0.717) is 17.1 Å². The van der Waals surface area contributed by atoms with Crippen LogP contribution in [0.5, 0.6) is 0 Å². The number of nitrogens with one attached hydrogen (secondary N) is 1. The van der Waals surface area contributed by atoms with Gasteiger partial charge in [0.2, 0.25) is 0 Å². The van der Waals surface area contributed by atoms with Crippen LogP contribution in [-0.2, 0) is 17.6 Å². The topological polar surface area (TPSA) is 88.8 Å². The zero-order valence-corrected chi connectivity index (χ0v) is 14.5. The predicted octanol–water partition coefficient (Wildman–Crippen LogP) is 1.60. The van der Waals surface area contributed by atoms with E-state index in [4.69, 9.17) is 5.73 Å². The zero-order valence-electron chi connectivity index (χ0n) is 13.7. The van der Waals surface area contributed by atoms with Crippen LogP contribution in [0.2, 0.25) is 0 Å². The smallest absolute Gasteiger partial charge is 0.280 e. The van der Waals surface area contributed by atoms with E-state index in [0.717, 1.165) is 24.8 Å². The van der Waals surface area contributed by atoms with Crippen LogP contribution in [0.15, 0.2) is 30.3 Å². The van der Waals surface area contributed by atoms with Crippen LogP contribution in [0, 0.1) is 0 Å². The Morgan fingerprint density at radius 3 is 2.75 bits per heavy atom. The fourth-order valence-corrected chi connectivity index (χ4v) is 4.42. The molecule has 2 amide bonds. The molecule has 1 aromatic heterocycles. The Labute approximate surface area is 145 Å². The van der Waals surface area contributed by atoms with E-state index in [1.54, 1.807) is 0 Å². The summed E-state index contributed by atoms with van der Waals surface area (Å²) in [6, 6.07) is 10.3. The highest BCUT2D eigenvalue weighted by atomic mass is 32.1. The standard InChI is InChI=1S/C18H21N3O2S/c1-11(12-6-3-2-4-7-12)20-10-15(22)21-18-16(17(19)23)13-8-5-9-14(13)24-18/h2-4,6-7,11,20H,5,8-10H2,1H3,(H2,19,23)(H,21,22)/p+1/t11-/m1/s1. The van der Waals surface area contributed by atoms with Crippen molar-refractivity contribution in [3.63, 3.8) is 0 Å². The number of nitrogens with two attached hydrogens (primary N) is 2. The third-order valence-corrected chi connectivity index (χ3v) is 5.61. The summed E-state index contributed by atoms with van der Waals surface area (Å²) < 4.78 is 0. The van der Waals surface area contributed by atoms with E-state index in [1.807, 2.05) is 35.6 Å². The highest BCUT2D eigenvalue weighted by molar-refractivity contribution is 7.17. The van der Waals surface area contributed by atoms with Crippen molar-refractivity contribution in [1.29, 1.82) is 0 Å². The fourth-order valence-electron chi connectivity index (χ4n) is 3.11. The number of quaternary nitrogens is 1. The number of carbonyl (C=O) groups is 2. The average molecular weight is 344 g/mol. The molecular formula is C18H22N3O2S+. The van der Waals surface area contributed by atoms with Gasteiger partial charge in [0.25, 0.3) is 11.8 Å². The van der Waals surface area contributed by atoms with Crippen LogP contribution in [0.3, 0.4) is 0 Å². The van der Waals surface area contributed by atoms with Gasteiger partial charge in [0.1, 0.15) is 11.0 Å². The number of amides is 2. The number of aryl methyl sites for hydroxylation is 1. The van der Waals surface area contributed by atoms with Gasteiger partial charge in [0.05, 0.1) is 5.56 Å². The van der Waals surface area contributed by atoms with Crippen molar-refractivity contribution in [2.45, 2.75) is 32.2 Å². The van der Waals surface area contributed by atoms with Crippen molar-refractivity contribution < 1.29 is 14.9 Å². The SMILES string of the molecule is C[C@@H]([NH2+]CC(=O)Nc1sc2c(c1C(N)=O)CCC2)c1ccccc1. The highest BCUT2D eigenvalue weighted by Crippen LogP contribution is 2.38. The molecule has 0 saturated carbocycles. The minimum Gasteiger partial charge on any atom is -0.365 e. The molecule has 5 nitrogen and oxygen atoms in total. The fraction of sp³-hybridized carbons (Fsp3) is 0.333. The number of fused-ring (bicyclic) bond motifs is 1. The molecule has 1 aromatic carbocycles. The number of hydrogen-bond donors (Lipinski definition) is 3. The van der Waals surface area contributed by atoms with Gasteiger partial charge >= 0.3 is 0 Å². The van der Waals surface area contributed by atoms with Gasteiger partial charge in [-0.05, 0) is 31.7 Å². The maximum absolute atomic E-state index is 12.3. The predicted molar refractivity (Wildman–Crippen MR) is 95.1 cm³/mol.